The lowest BCUT2D eigenvalue weighted by atomic mass is 9.97. The van der Waals surface area contributed by atoms with E-state index in [4.69, 9.17) is 14.2 Å². The van der Waals surface area contributed by atoms with E-state index in [1.807, 2.05) is 30.3 Å². The van der Waals surface area contributed by atoms with Crippen molar-refractivity contribution in [3.05, 3.63) is 64.7 Å². The van der Waals surface area contributed by atoms with Crippen LogP contribution in [0.2, 0.25) is 0 Å². The number of benzene rings is 2. The van der Waals surface area contributed by atoms with Gasteiger partial charge >= 0.3 is 11.9 Å². The largest absolute Gasteiger partial charge is 0.488 e. The quantitative estimate of drug-likeness (QED) is 0.559. The Kier molecular flexibility index (Phi) is 6.49. The molecule has 0 amide bonds. The fourth-order valence-electron chi connectivity index (χ4n) is 2.45. The molecule has 0 bridgehead atoms. The van der Waals surface area contributed by atoms with Crippen LogP contribution in [-0.2, 0) is 16.1 Å². The van der Waals surface area contributed by atoms with Gasteiger partial charge in [0, 0.05) is 5.56 Å². The molecule has 0 N–H and O–H groups in total. The SMILES string of the molecule is CCOC(=O)c1c(OCc2ccccc2)ccc(C(C)=O)c1C(=O)OC. The van der Waals surface area contributed by atoms with E-state index >= 15 is 0 Å². The van der Waals surface area contributed by atoms with Gasteiger partial charge in [0.25, 0.3) is 0 Å². The molecule has 6 heteroatoms. The van der Waals surface area contributed by atoms with Crippen LogP contribution in [0.3, 0.4) is 0 Å². The van der Waals surface area contributed by atoms with Crippen molar-refractivity contribution in [3.8, 4) is 5.75 Å². The number of carbonyl (C=O) groups is 3. The first-order chi connectivity index (χ1) is 12.5. The average Bonchev–Trinajstić information content (AvgIpc) is 2.65. The van der Waals surface area contributed by atoms with E-state index in [1.165, 1.54) is 26.2 Å². The highest BCUT2D eigenvalue weighted by atomic mass is 16.5. The highest BCUT2D eigenvalue weighted by Gasteiger charge is 2.28. The van der Waals surface area contributed by atoms with Crippen molar-refractivity contribution in [2.75, 3.05) is 13.7 Å². The molecule has 0 heterocycles. The lowest BCUT2D eigenvalue weighted by molar-refractivity contribution is 0.0498. The summed E-state index contributed by atoms with van der Waals surface area (Å²) in [6.45, 7) is 3.26. The fourth-order valence-corrected chi connectivity index (χ4v) is 2.45. The van der Waals surface area contributed by atoms with Gasteiger partial charge in [0.1, 0.15) is 17.9 Å². The normalized spacial score (nSPS) is 10.1. The van der Waals surface area contributed by atoms with Crippen LogP contribution in [0.25, 0.3) is 0 Å². The molecule has 0 aliphatic carbocycles. The van der Waals surface area contributed by atoms with Crippen LogP contribution in [0.4, 0.5) is 0 Å². The highest BCUT2D eigenvalue weighted by molar-refractivity contribution is 6.12. The summed E-state index contributed by atoms with van der Waals surface area (Å²) < 4.78 is 15.6. The third-order valence-corrected chi connectivity index (χ3v) is 3.65. The van der Waals surface area contributed by atoms with Crippen molar-refractivity contribution < 1.29 is 28.6 Å². The summed E-state index contributed by atoms with van der Waals surface area (Å²) in [4.78, 5) is 36.6. The summed E-state index contributed by atoms with van der Waals surface area (Å²) in [6.07, 6.45) is 0. The smallest absolute Gasteiger partial charge is 0.342 e. The summed E-state index contributed by atoms with van der Waals surface area (Å²) in [5.74, 6) is -1.77. The molecular formula is C20H20O6. The number of esters is 2. The van der Waals surface area contributed by atoms with E-state index in [0.29, 0.717) is 0 Å². The van der Waals surface area contributed by atoms with Gasteiger partial charge in [-0.2, -0.15) is 0 Å². The third kappa shape index (κ3) is 4.27. The maximum Gasteiger partial charge on any atom is 0.342 e. The monoisotopic (exact) mass is 356 g/mol. The van der Waals surface area contributed by atoms with Crippen molar-refractivity contribution in [2.45, 2.75) is 20.5 Å². The number of ketones is 1. The second-order valence-corrected chi connectivity index (χ2v) is 5.40. The standard InChI is InChI=1S/C20H20O6/c1-4-25-20(23)18-16(26-12-14-8-6-5-7-9-14)11-10-15(13(2)21)17(18)19(22)24-3/h5-11H,4,12H2,1-3H3. The van der Waals surface area contributed by atoms with Gasteiger partial charge in [-0.05, 0) is 31.5 Å². The van der Waals surface area contributed by atoms with Crippen LogP contribution in [0.5, 0.6) is 5.75 Å². The van der Waals surface area contributed by atoms with Gasteiger partial charge in [-0.25, -0.2) is 9.59 Å². The molecule has 2 aromatic carbocycles. The molecule has 0 aliphatic rings. The van der Waals surface area contributed by atoms with Crippen molar-refractivity contribution in [3.63, 3.8) is 0 Å². The number of hydrogen-bond acceptors (Lipinski definition) is 6. The van der Waals surface area contributed by atoms with Crippen molar-refractivity contribution in [2.24, 2.45) is 0 Å². The predicted octanol–water partition coefficient (Wildman–Crippen LogP) is 3.43. The zero-order chi connectivity index (χ0) is 19.1. The van der Waals surface area contributed by atoms with Gasteiger partial charge in [-0.15, -0.1) is 0 Å². The summed E-state index contributed by atoms with van der Waals surface area (Å²) in [5, 5.41) is 0. The zero-order valence-corrected chi connectivity index (χ0v) is 14.9. The van der Waals surface area contributed by atoms with Gasteiger partial charge < -0.3 is 14.2 Å². The molecule has 0 saturated heterocycles. The van der Waals surface area contributed by atoms with E-state index in [2.05, 4.69) is 0 Å². The first-order valence-electron chi connectivity index (χ1n) is 8.09. The Morgan fingerprint density at radius 3 is 2.19 bits per heavy atom. The molecule has 6 nitrogen and oxygen atoms in total. The Bertz CT molecular complexity index is 811. The highest BCUT2D eigenvalue weighted by Crippen LogP contribution is 2.29. The van der Waals surface area contributed by atoms with E-state index in [1.54, 1.807) is 6.92 Å². The Morgan fingerprint density at radius 2 is 1.62 bits per heavy atom. The molecule has 2 aromatic rings. The summed E-state index contributed by atoms with van der Waals surface area (Å²) in [5.41, 5.74) is 0.705. The zero-order valence-electron chi connectivity index (χ0n) is 14.9. The number of hydrogen-bond donors (Lipinski definition) is 0. The minimum absolute atomic E-state index is 0.0759. The van der Waals surface area contributed by atoms with Crippen molar-refractivity contribution >= 4 is 17.7 Å². The van der Waals surface area contributed by atoms with Gasteiger partial charge in [-0.1, -0.05) is 30.3 Å². The van der Waals surface area contributed by atoms with Crippen LogP contribution < -0.4 is 4.74 Å². The summed E-state index contributed by atoms with van der Waals surface area (Å²) in [7, 11) is 1.18. The topological polar surface area (TPSA) is 78.9 Å². The Labute approximate surface area is 151 Å². The van der Waals surface area contributed by atoms with Gasteiger partial charge in [0.2, 0.25) is 0 Å². The number of carbonyl (C=O) groups excluding carboxylic acids is 3. The van der Waals surface area contributed by atoms with Crippen LogP contribution in [0.15, 0.2) is 42.5 Å². The number of methoxy groups -OCH3 is 1. The molecular weight excluding hydrogens is 336 g/mol. The first-order valence-corrected chi connectivity index (χ1v) is 8.09. The second kappa shape index (κ2) is 8.80. The van der Waals surface area contributed by atoms with Crippen molar-refractivity contribution in [1.29, 1.82) is 0 Å². The lowest BCUT2D eigenvalue weighted by Crippen LogP contribution is -2.18. The number of rotatable bonds is 7. The van der Waals surface area contributed by atoms with E-state index < -0.39 is 11.9 Å². The molecule has 2 rings (SSSR count). The molecule has 0 fully saturated rings. The minimum Gasteiger partial charge on any atom is -0.488 e. The predicted molar refractivity (Wildman–Crippen MR) is 94.5 cm³/mol. The molecule has 0 radical (unpaired) electrons. The second-order valence-electron chi connectivity index (χ2n) is 5.40. The number of ether oxygens (including phenoxy) is 3. The summed E-state index contributed by atoms with van der Waals surface area (Å²) >= 11 is 0. The molecule has 26 heavy (non-hydrogen) atoms. The van der Waals surface area contributed by atoms with E-state index in [9.17, 15) is 14.4 Å². The molecule has 0 aromatic heterocycles. The third-order valence-electron chi connectivity index (χ3n) is 3.65. The van der Waals surface area contributed by atoms with Crippen molar-refractivity contribution in [1.82, 2.24) is 0 Å². The minimum atomic E-state index is -0.802. The average molecular weight is 356 g/mol. The molecule has 0 unspecified atom stereocenters. The van der Waals surface area contributed by atoms with E-state index in [-0.39, 0.29) is 41.4 Å². The first kappa shape index (κ1) is 19.2. The fraction of sp³-hybridized carbons (Fsp3) is 0.250. The van der Waals surface area contributed by atoms with Gasteiger partial charge in [0.15, 0.2) is 5.78 Å². The molecule has 0 aliphatic heterocycles. The molecule has 0 atom stereocenters. The van der Waals surface area contributed by atoms with Crippen LogP contribution in [0.1, 0.15) is 50.5 Å². The Hall–Kier alpha value is -3.15. The van der Waals surface area contributed by atoms with Gasteiger partial charge in [0.05, 0.1) is 19.3 Å². The van der Waals surface area contributed by atoms with Crippen LogP contribution >= 0.6 is 0 Å². The van der Waals surface area contributed by atoms with Crippen LogP contribution in [0, 0.1) is 0 Å². The molecule has 0 spiro atoms. The lowest BCUT2D eigenvalue weighted by Gasteiger charge is -2.16. The van der Waals surface area contributed by atoms with E-state index in [0.717, 1.165) is 5.56 Å². The maximum atomic E-state index is 12.5. The summed E-state index contributed by atoms with van der Waals surface area (Å²) in [6, 6.07) is 12.3. The Morgan fingerprint density at radius 1 is 0.923 bits per heavy atom. The van der Waals surface area contributed by atoms with Gasteiger partial charge in [-0.3, -0.25) is 4.79 Å². The Balaban J connectivity index is 2.54. The maximum absolute atomic E-state index is 12.5. The van der Waals surface area contributed by atoms with Crippen LogP contribution in [-0.4, -0.2) is 31.4 Å². The molecule has 136 valence electrons. The number of Topliss-reactive ketones (excluding diaryl/α,β-unsaturated/α-hetero) is 1. The molecule has 0 saturated carbocycles.